The van der Waals surface area contributed by atoms with E-state index >= 15 is 0 Å². The number of fused-ring (bicyclic) bond motifs is 1. The Labute approximate surface area is 174 Å². The van der Waals surface area contributed by atoms with Gasteiger partial charge in [0.15, 0.2) is 0 Å². The number of rotatable bonds is 10. The molecule has 1 aromatic heterocycles. The van der Waals surface area contributed by atoms with Crippen molar-refractivity contribution in [2.45, 2.75) is 26.4 Å². The van der Waals surface area contributed by atoms with Gasteiger partial charge >= 0.3 is 14.2 Å². The molecular formula is C21H24NO7P. The van der Waals surface area contributed by atoms with Crippen LogP contribution in [0.4, 0.5) is 0 Å². The molecule has 3 rings (SSSR count). The maximum absolute atomic E-state index is 11.6. The number of benzene rings is 2. The van der Waals surface area contributed by atoms with Gasteiger partial charge in [0, 0.05) is 29.1 Å². The standard InChI is InChI=1S/C21H24NO7P/c1-14-10-21(23)28-20-11-16(6-7-18(14)20)27-13-15-4-5-17(29-30(24)25)12-19(15)26-9-3-2-8-22/h4-7,10-12,24-25H,2-3,8-9,13,22H2,1H3. The molecule has 1 heterocycles. The molecule has 0 saturated heterocycles. The van der Waals surface area contributed by atoms with E-state index in [9.17, 15) is 4.79 Å². The number of aryl methyl sites for hydroxylation is 1. The lowest BCUT2D eigenvalue weighted by Gasteiger charge is -2.15. The van der Waals surface area contributed by atoms with Crippen LogP contribution in [0.1, 0.15) is 24.0 Å². The molecule has 2 aromatic carbocycles. The largest absolute Gasteiger partial charge is 0.493 e. The van der Waals surface area contributed by atoms with Crippen LogP contribution < -0.4 is 25.4 Å². The van der Waals surface area contributed by atoms with E-state index in [1.807, 2.05) is 13.0 Å². The summed E-state index contributed by atoms with van der Waals surface area (Å²) in [7, 11) is -2.52. The van der Waals surface area contributed by atoms with Crippen molar-refractivity contribution in [2.24, 2.45) is 5.73 Å². The van der Waals surface area contributed by atoms with Crippen LogP contribution in [0, 0.1) is 6.92 Å². The molecule has 0 unspecified atom stereocenters. The first-order valence-electron chi connectivity index (χ1n) is 9.45. The minimum absolute atomic E-state index is 0.196. The average Bonchev–Trinajstić information content (AvgIpc) is 2.69. The third kappa shape index (κ3) is 5.93. The first kappa shape index (κ1) is 22.1. The summed E-state index contributed by atoms with van der Waals surface area (Å²) in [6.07, 6.45) is 1.62. The molecule has 0 aliphatic rings. The van der Waals surface area contributed by atoms with Crippen molar-refractivity contribution in [3.05, 3.63) is 64.0 Å². The summed E-state index contributed by atoms with van der Waals surface area (Å²) in [6.45, 7) is 3.09. The highest BCUT2D eigenvalue weighted by molar-refractivity contribution is 7.39. The monoisotopic (exact) mass is 433 g/mol. The van der Waals surface area contributed by atoms with Crippen LogP contribution in [-0.2, 0) is 6.61 Å². The Kier molecular flexibility index (Phi) is 7.65. The van der Waals surface area contributed by atoms with Gasteiger partial charge in [-0.2, -0.15) is 0 Å². The zero-order valence-corrected chi connectivity index (χ0v) is 17.4. The predicted molar refractivity (Wildman–Crippen MR) is 114 cm³/mol. The van der Waals surface area contributed by atoms with Crippen molar-refractivity contribution < 1.29 is 28.2 Å². The van der Waals surface area contributed by atoms with Crippen LogP contribution in [0.15, 0.2) is 51.7 Å². The quantitative estimate of drug-likeness (QED) is 0.253. The number of hydrogen-bond acceptors (Lipinski definition) is 8. The van der Waals surface area contributed by atoms with Crippen LogP contribution in [0.5, 0.6) is 17.2 Å². The lowest BCUT2D eigenvalue weighted by atomic mass is 10.1. The third-order valence-corrected chi connectivity index (χ3v) is 4.77. The first-order chi connectivity index (χ1) is 14.5. The molecule has 0 saturated carbocycles. The fraction of sp³-hybridized carbons (Fsp3) is 0.286. The van der Waals surface area contributed by atoms with E-state index in [1.165, 1.54) is 6.07 Å². The van der Waals surface area contributed by atoms with Crippen molar-refractivity contribution in [2.75, 3.05) is 13.2 Å². The number of nitrogens with two attached hydrogens (primary N) is 1. The topological polar surface area (TPSA) is 124 Å². The molecule has 8 nitrogen and oxygen atoms in total. The van der Waals surface area contributed by atoms with Crippen LogP contribution in [0.2, 0.25) is 0 Å². The molecule has 0 radical (unpaired) electrons. The van der Waals surface area contributed by atoms with E-state index < -0.39 is 14.2 Å². The van der Waals surface area contributed by atoms with Crippen LogP contribution in [0.3, 0.4) is 0 Å². The van der Waals surface area contributed by atoms with Gasteiger partial charge in [-0.15, -0.1) is 0 Å². The Hall–Kier alpha value is -2.64. The second-order valence-electron chi connectivity index (χ2n) is 6.65. The second kappa shape index (κ2) is 10.4. The van der Waals surface area contributed by atoms with Gasteiger partial charge in [0.1, 0.15) is 29.4 Å². The molecule has 30 heavy (non-hydrogen) atoms. The Bertz CT molecular complexity index is 1050. The average molecular weight is 433 g/mol. The molecular weight excluding hydrogens is 409 g/mol. The fourth-order valence-corrected chi connectivity index (χ4v) is 3.23. The van der Waals surface area contributed by atoms with Crippen molar-refractivity contribution in [1.82, 2.24) is 0 Å². The molecule has 4 N–H and O–H groups in total. The van der Waals surface area contributed by atoms with Crippen molar-refractivity contribution in [3.8, 4) is 17.2 Å². The maximum Gasteiger partial charge on any atom is 0.391 e. The van der Waals surface area contributed by atoms with Gasteiger partial charge in [-0.3, -0.25) is 0 Å². The molecule has 0 spiro atoms. The minimum atomic E-state index is -2.52. The maximum atomic E-state index is 11.6. The van der Waals surface area contributed by atoms with Gasteiger partial charge < -0.3 is 33.9 Å². The Morgan fingerprint density at radius 1 is 1.03 bits per heavy atom. The predicted octanol–water partition coefficient (Wildman–Crippen LogP) is 3.39. The highest BCUT2D eigenvalue weighted by Crippen LogP contribution is 2.33. The molecule has 3 aromatic rings. The van der Waals surface area contributed by atoms with Crippen molar-refractivity contribution >= 4 is 19.6 Å². The summed E-state index contributed by atoms with van der Waals surface area (Å²) in [4.78, 5) is 29.8. The molecule has 0 amide bonds. The van der Waals surface area contributed by atoms with Gasteiger partial charge in [0.05, 0.1) is 6.61 Å². The van der Waals surface area contributed by atoms with Crippen molar-refractivity contribution in [1.29, 1.82) is 0 Å². The molecule has 0 atom stereocenters. The van der Waals surface area contributed by atoms with Gasteiger partial charge in [0.2, 0.25) is 0 Å². The smallest absolute Gasteiger partial charge is 0.391 e. The molecule has 0 aliphatic carbocycles. The highest BCUT2D eigenvalue weighted by atomic mass is 31.2. The third-order valence-electron chi connectivity index (χ3n) is 4.40. The summed E-state index contributed by atoms with van der Waals surface area (Å²) < 4.78 is 21.9. The van der Waals surface area contributed by atoms with Crippen molar-refractivity contribution in [3.63, 3.8) is 0 Å². The van der Waals surface area contributed by atoms with Crippen LogP contribution >= 0.6 is 8.60 Å². The summed E-state index contributed by atoms with van der Waals surface area (Å²) >= 11 is 0. The zero-order valence-electron chi connectivity index (χ0n) is 16.5. The second-order valence-corrected chi connectivity index (χ2v) is 7.34. The Morgan fingerprint density at radius 3 is 2.60 bits per heavy atom. The molecule has 0 aliphatic heterocycles. The highest BCUT2D eigenvalue weighted by Gasteiger charge is 2.11. The van der Waals surface area contributed by atoms with E-state index in [1.54, 1.807) is 30.3 Å². The number of hydrogen-bond donors (Lipinski definition) is 3. The van der Waals surface area contributed by atoms with Gasteiger partial charge in [-0.25, -0.2) is 4.79 Å². The molecule has 9 heteroatoms. The van der Waals surface area contributed by atoms with E-state index in [-0.39, 0.29) is 12.4 Å². The molecule has 0 bridgehead atoms. The summed E-state index contributed by atoms with van der Waals surface area (Å²) in [6, 6.07) is 11.7. The lowest BCUT2D eigenvalue weighted by Crippen LogP contribution is -2.06. The summed E-state index contributed by atoms with van der Waals surface area (Å²) in [5, 5.41) is 0.844. The van der Waals surface area contributed by atoms with Gasteiger partial charge in [-0.1, -0.05) is 0 Å². The van der Waals surface area contributed by atoms with Crippen LogP contribution in [0.25, 0.3) is 11.0 Å². The van der Waals surface area contributed by atoms with Crippen LogP contribution in [-0.4, -0.2) is 22.9 Å². The van der Waals surface area contributed by atoms with E-state index in [0.717, 1.165) is 29.4 Å². The number of unbranched alkanes of at least 4 members (excludes halogenated alkanes) is 1. The van der Waals surface area contributed by atoms with Gasteiger partial charge in [0.25, 0.3) is 0 Å². The number of ether oxygens (including phenoxy) is 2. The van der Waals surface area contributed by atoms with E-state index in [4.69, 9.17) is 33.9 Å². The Balaban J connectivity index is 1.77. The lowest BCUT2D eigenvalue weighted by molar-refractivity contribution is 0.275. The molecule has 160 valence electrons. The van der Waals surface area contributed by atoms with E-state index in [2.05, 4.69) is 0 Å². The SMILES string of the molecule is Cc1cc(=O)oc2cc(OCc3ccc(OP(O)O)cc3OCCCCN)ccc12. The Morgan fingerprint density at radius 2 is 1.83 bits per heavy atom. The fourth-order valence-electron chi connectivity index (χ4n) is 2.92. The zero-order chi connectivity index (χ0) is 21.5. The first-order valence-corrected chi connectivity index (χ1v) is 10.6. The van der Waals surface area contributed by atoms with E-state index in [0.29, 0.717) is 30.2 Å². The molecule has 0 fully saturated rings. The summed E-state index contributed by atoms with van der Waals surface area (Å²) in [5.74, 6) is 1.34. The van der Waals surface area contributed by atoms with Gasteiger partial charge in [-0.05, 0) is 56.1 Å². The normalized spacial score (nSPS) is 11.1. The minimum Gasteiger partial charge on any atom is -0.493 e. The summed E-state index contributed by atoms with van der Waals surface area (Å²) in [5.41, 5.74) is 7.15.